The van der Waals surface area contributed by atoms with Gasteiger partial charge in [-0.2, -0.15) is 5.10 Å². The summed E-state index contributed by atoms with van der Waals surface area (Å²) in [6, 6.07) is 7.85. The number of carbonyl (C=O) groups is 1. The van der Waals surface area contributed by atoms with Crippen molar-refractivity contribution in [3.05, 3.63) is 48.0 Å². The minimum absolute atomic E-state index is 0.212. The molecule has 0 spiro atoms. The van der Waals surface area contributed by atoms with Crippen molar-refractivity contribution in [1.29, 1.82) is 0 Å². The second-order valence-electron chi connectivity index (χ2n) is 5.83. The Labute approximate surface area is 140 Å². The Morgan fingerprint density at radius 2 is 2.00 bits per heavy atom. The van der Waals surface area contributed by atoms with E-state index in [0.717, 1.165) is 26.3 Å². The monoisotopic (exact) mass is 332 g/mol. The third kappa shape index (κ3) is 3.98. The van der Waals surface area contributed by atoms with Crippen LogP contribution < -0.4 is 5.32 Å². The number of nitrogens with one attached hydrogen (secondary N) is 1. The molecule has 1 fully saturated rings. The maximum absolute atomic E-state index is 13.0. The molecule has 24 heavy (non-hydrogen) atoms. The summed E-state index contributed by atoms with van der Waals surface area (Å²) in [5.41, 5.74) is 1.05. The molecular weight excluding hydrogens is 311 g/mol. The fourth-order valence-electron chi connectivity index (χ4n) is 2.66. The van der Waals surface area contributed by atoms with Crippen molar-refractivity contribution in [1.82, 2.24) is 20.0 Å². The highest BCUT2D eigenvalue weighted by Crippen LogP contribution is 2.09. The first-order valence-electron chi connectivity index (χ1n) is 8.05. The van der Waals surface area contributed by atoms with E-state index < -0.39 is 0 Å². The lowest BCUT2D eigenvalue weighted by molar-refractivity contribution is 0.0204. The van der Waals surface area contributed by atoms with Gasteiger partial charge in [0.1, 0.15) is 5.82 Å². The van der Waals surface area contributed by atoms with Gasteiger partial charge in [-0.25, -0.2) is 9.07 Å². The van der Waals surface area contributed by atoms with Gasteiger partial charge in [0.15, 0.2) is 5.69 Å². The molecule has 1 aromatic carbocycles. The van der Waals surface area contributed by atoms with Crippen LogP contribution in [0.5, 0.6) is 0 Å². The van der Waals surface area contributed by atoms with Crippen LogP contribution in [0.2, 0.25) is 0 Å². The molecule has 7 heteroatoms. The standard InChI is InChI=1S/C17H21FN4O2/c1-13(21-8-10-24-11-9-21)12-19-17(23)16-6-7-22(20-16)15-4-2-14(18)3-5-15/h2-7,13H,8-12H2,1H3,(H,19,23)/t13-/m1/s1. The molecule has 1 saturated heterocycles. The summed E-state index contributed by atoms with van der Waals surface area (Å²) < 4.78 is 19.8. The molecule has 2 heterocycles. The van der Waals surface area contributed by atoms with Crippen LogP contribution in [0.3, 0.4) is 0 Å². The van der Waals surface area contributed by atoms with Crippen molar-refractivity contribution < 1.29 is 13.9 Å². The number of halogens is 1. The molecule has 1 amide bonds. The minimum atomic E-state index is -0.305. The van der Waals surface area contributed by atoms with Gasteiger partial charge in [0, 0.05) is 31.9 Å². The fourth-order valence-corrected chi connectivity index (χ4v) is 2.66. The Kier molecular flexibility index (Phi) is 5.22. The maximum Gasteiger partial charge on any atom is 0.271 e. The van der Waals surface area contributed by atoms with Crippen molar-refractivity contribution in [2.75, 3.05) is 32.8 Å². The van der Waals surface area contributed by atoms with Crippen molar-refractivity contribution in [2.24, 2.45) is 0 Å². The van der Waals surface area contributed by atoms with E-state index >= 15 is 0 Å². The lowest BCUT2D eigenvalue weighted by atomic mass is 10.2. The molecular formula is C17H21FN4O2. The van der Waals surface area contributed by atoms with Gasteiger partial charge in [-0.1, -0.05) is 0 Å². The summed E-state index contributed by atoms with van der Waals surface area (Å²) in [5.74, 6) is -0.517. The zero-order valence-corrected chi connectivity index (χ0v) is 13.6. The number of benzene rings is 1. The second-order valence-corrected chi connectivity index (χ2v) is 5.83. The lowest BCUT2D eigenvalue weighted by Gasteiger charge is -2.32. The molecule has 1 atom stereocenters. The Morgan fingerprint density at radius 1 is 1.29 bits per heavy atom. The topological polar surface area (TPSA) is 59.4 Å². The van der Waals surface area contributed by atoms with E-state index in [1.54, 1.807) is 29.1 Å². The first-order valence-corrected chi connectivity index (χ1v) is 8.05. The highest BCUT2D eigenvalue weighted by molar-refractivity contribution is 5.92. The van der Waals surface area contributed by atoms with E-state index in [0.29, 0.717) is 17.9 Å². The third-order valence-electron chi connectivity index (χ3n) is 4.14. The number of amides is 1. The quantitative estimate of drug-likeness (QED) is 0.901. The van der Waals surface area contributed by atoms with Crippen molar-refractivity contribution >= 4 is 5.91 Å². The van der Waals surface area contributed by atoms with Crippen LogP contribution in [0, 0.1) is 5.82 Å². The van der Waals surface area contributed by atoms with Gasteiger partial charge in [-0.15, -0.1) is 0 Å². The zero-order valence-electron chi connectivity index (χ0n) is 13.6. The van der Waals surface area contributed by atoms with Gasteiger partial charge in [0.2, 0.25) is 0 Å². The van der Waals surface area contributed by atoms with E-state index in [2.05, 4.69) is 22.2 Å². The summed E-state index contributed by atoms with van der Waals surface area (Å²) in [4.78, 5) is 14.5. The number of hydrogen-bond acceptors (Lipinski definition) is 4. The number of hydrogen-bond donors (Lipinski definition) is 1. The number of carbonyl (C=O) groups excluding carboxylic acids is 1. The van der Waals surface area contributed by atoms with Gasteiger partial charge in [-0.05, 0) is 37.3 Å². The molecule has 1 N–H and O–H groups in total. The average molecular weight is 332 g/mol. The van der Waals surface area contributed by atoms with E-state index in [-0.39, 0.29) is 17.8 Å². The number of rotatable bonds is 5. The zero-order chi connectivity index (χ0) is 16.9. The molecule has 0 saturated carbocycles. The average Bonchev–Trinajstić information content (AvgIpc) is 3.11. The van der Waals surface area contributed by atoms with E-state index in [9.17, 15) is 9.18 Å². The van der Waals surface area contributed by atoms with Crippen molar-refractivity contribution in [3.63, 3.8) is 0 Å². The van der Waals surface area contributed by atoms with Crippen molar-refractivity contribution in [2.45, 2.75) is 13.0 Å². The predicted octanol–water partition coefficient (Wildman–Crippen LogP) is 1.46. The SMILES string of the molecule is C[C@H](CNC(=O)c1ccn(-c2ccc(F)cc2)n1)N1CCOCC1. The molecule has 0 unspecified atom stereocenters. The maximum atomic E-state index is 13.0. The van der Waals surface area contributed by atoms with Crippen LogP contribution in [-0.2, 0) is 4.74 Å². The first kappa shape index (κ1) is 16.6. The number of ether oxygens (including phenoxy) is 1. The van der Waals surface area contributed by atoms with Crippen LogP contribution in [0.15, 0.2) is 36.5 Å². The summed E-state index contributed by atoms with van der Waals surface area (Å²) in [7, 11) is 0. The molecule has 1 aliphatic heterocycles. The largest absolute Gasteiger partial charge is 0.379 e. The number of nitrogens with zero attached hydrogens (tertiary/aromatic N) is 3. The van der Waals surface area contributed by atoms with E-state index in [1.165, 1.54) is 12.1 Å². The molecule has 1 aliphatic rings. The normalized spacial score (nSPS) is 16.8. The molecule has 6 nitrogen and oxygen atoms in total. The molecule has 0 aliphatic carbocycles. The Bertz CT molecular complexity index is 680. The third-order valence-corrected chi connectivity index (χ3v) is 4.14. The van der Waals surface area contributed by atoms with Gasteiger partial charge in [0.25, 0.3) is 5.91 Å². The fraction of sp³-hybridized carbons (Fsp3) is 0.412. The van der Waals surface area contributed by atoms with Crippen LogP contribution in [0.4, 0.5) is 4.39 Å². The highest BCUT2D eigenvalue weighted by atomic mass is 19.1. The molecule has 128 valence electrons. The van der Waals surface area contributed by atoms with E-state index in [1.807, 2.05) is 0 Å². The predicted molar refractivity (Wildman–Crippen MR) is 87.7 cm³/mol. The molecule has 1 aromatic heterocycles. The minimum Gasteiger partial charge on any atom is -0.379 e. The van der Waals surface area contributed by atoms with Gasteiger partial charge in [-0.3, -0.25) is 9.69 Å². The Hall–Kier alpha value is -2.25. The van der Waals surface area contributed by atoms with Crippen LogP contribution in [0.1, 0.15) is 17.4 Å². The molecule has 3 rings (SSSR count). The summed E-state index contributed by atoms with van der Waals surface area (Å²) in [5, 5.41) is 7.16. The Morgan fingerprint density at radius 3 is 2.71 bits per heavy atom. The number of morpholine rings is 1. The van der Waals surface area contributed by atoms with Gasteiger partial charge in [0.05, 0.1) is 18.9 Å². The lowest BCUT2D eigenvalue weighted by Crippen LogP contribution is -2.47. The van der Waals surface area contributed by atoms with Gasteiger partial charge < -0.3 is 10.1 Å². The smallest absolute Gasteiger partial charge is 0.271 e. The summed E-state index contributed by atoms with van der Waals surface area (Å²) in [6.07, 6.45) is 1.69. The van der Waals surface area contributed by atoms with Crippen LogP contribution >= 0.6 is 0 Å². The highest BCUT2D eigenvalue weighted by Gasteiger charge is 2.18. The molecule has 2 aromatic rings. The molecule has 0 radical (unpaired) electrons. The van der Waals surface area contributed by atoms with Crippen LogP contribution in [0.25, 0.3) is 5.69 Å². The van der Waals surface area contributed by atoms with Gasteiger partial charge >= 0.3 is 0 Å². The molecule has 0 bridgehead atoms. The van der Waals surface area contributed by atoms with Crippen molar-refractivity contribution in [3.8, 4) is 5.69 Å². The second kappa shape index (κ2) is 7.55. The number of aromatic nitrogens is 2. The van der Waals surface area contributed by atoms with Crippen LogP contribution in [-0.4, -0.2) is 59.5 Å². The Balaban J connectivity index is 1.56. The summed E-state index contributed by atoms with van der Waals surface area (Å²) in [6.45, 7) is 5.89. The first-order chi connectivity index (χ1) is 11.6. The van der Waals surface area contributed by atoms with E-state index in [4.69, 9.17) is 4.74 Å². The summed E-state index contributed by atoms with van der Waals surface area (Å²) >= 11 is 0.